The third-order valence-electron chi connectivity index (χ3n) is 1.91. The van der Waals surface area contributed by atoms with E-state index in [9.17, 15) is 14.3 Å². The Hall–Kier alpha value is -2.11. The number of rotatable bonds is 3. The number of benzene rings is 1. The zero-order valence-electron chi connectivity index (χ0n) is 8.70. The number of nitrogens with zero attached hydrogens (tertiary/aromatic N) is 1. The highest BCUT2D eigenvalue weighted by Gasteiger charge is 2.09. The summed E-state index contributed by atoms with van der Waals surface area (Å²) in [5.41, 5.74) is 7.46. The number of carbonyl (C=O) groups is 1. The highest BCUT2D eigenvalue weighted by molar-refractivity contribution is 6.02. The van der Waals surface area contributed by atoms with Crippen LogP contribution < -0.4 is 11.2 Å². The summed E-state index contributed by atoms with van der Waals surface area (Å²) in [5, 5.41) is 13.2. The molecule has 16 heavy (non-hydrogen) atoms. The van der Waals surface area contributed by atoms with Crippen molar-refractivity contribution in [1.82, 2.24) is 5.43 Å². The first-order chi connectivity index (χ1) is 7.54. The average molecular weight is 225 g/mol. The first-order valence-electron chi connectivity index (χ1n) is 4.65. The number of carbonyl (C=O) groups excluding carboxylic acids is 1. The van der Waals surface area contributed by atoms with Crippen LogP contribution in [0.2, 0.25) is 0 Å². The number of primary amides is 1. The maximum Gasteiger partial charge on any atom is 0.332 e. The fourth-order valence-corrected chi connectivity index (χ4v) is 1.19. The standard InChI is InChI=1S/C10H12FN3O2/c1-2-8(13-14-10(12)16)7-5-6(11)3-4-9(7)15/h3-5,15H,2H2,1H3,(H3,12,14,16)/b13-8+. The third-order valence-corrected chi connectivity index (χ3v) is 1.91. The number of nitrogens with two attached hydrogens (primary N) is 1. The summed E-state index contributed by atoms with van der Waals surface area (Å²) in [4.78, 5) is 10.5. The van der Waals surface area contributed by atoms with Crippen LogP contribution in [0.3, 0.4) is 0 Å². The number of phenolic OH excluding ortho intramolecular Hbond substituents is 1. The zero-order chi connectivity index (χ0) is 12.1. The lowest BCUT2D eigenvalue weighted by Gasteiger charge is -2.06. The molecular formula is C10H12FN3O2. The number of phenols is 1. The lowest BCUT2D eigenvalue weighted by molar-refractivity contribution is 0.249. The van der Waals surface area contributed by atoms with Crippen molar-refractivity contribution in [2.45, 2.75) is 13.3 Å². The van der Waals surface area contributed by atoms with Crippen molar-refractivity contribution in [3.63, 3.8) is 0 Å². The average Bonchev–Trinajstić information content (AvgIpc) is 2.23. The van der Waals surface area contributed by atoms with Crippen LogP contribution in [0, 0.1) is 5.82 Å². The number of urea groups is 1. The van der Waals surface area contributed by atoms with Gasteiger partial charge in [-0.2, -0.15) is 5.10 Å². The van der Waals surface area contributed by atoms with Crippen LogP contribution >= 0.6 is 0 Å². The SMILES string of the molecule is CC/C(=N\NC(N)=O)c1cc(F)ccc1O. The molecule has 0 aliphatic rings. The number of hydrogen-bond acceptors (Lipinski definition) is 3. The molecule has 1 aromatic carbocycles. The predicted octanol–water partition coefficient (Wildman–Crippen LogP) is 1.31. The van der Waals surface area contributed by atoms with E-state index in [1.54, 1.807) is 6.92 Å². The van der Waals surface area contributed by atoms with Crippen molar-refractivity contribution < 1.29 is 14.3 Å². The van der Waals surface area contributed by atoms with Gasteiger partial charge >= 0.3 is 6.03 Å². The quantitative estimate of drug-likeness (QED) is 0.535. The molecule has 5 nitrogen and oxygen atoms in total. The van der Waals surface area contributed by atoms with Crippen LogP contribution in [0.1, 0.15) is 18.9 Å². The number of amides is 2. The molecule has 6 heteroatoms. The predicted molar refractivity (Wildman–Crippen MR) is 57.6 cm³/mol. The van der Waals surface area contributed by atoms with Gasteiger partial charge in [-0.3, -0.25) is 0 Å². The molecule has 0 heterocycles. The van der Waals surface area contributed by atoms with Crippen molar-refractivity contribution in [3.05, 3.63) is 29.6 Å². The number of nitrogens with one attached hydrogen (secondary N) is 1. The van der Waals surface area contributed by atoms with E-state index in [1.165, 1.54) is 6.07 Å². The van der Waals surface area contributed by atoms with Crippen LogP contribution in [-0.4, -0.2) is 16.8 Å². The van der Waals surface area contributed by atoms with Crippen LogP contribution in [0.5, 0.6) is 5.75 Å². The van der Waals surface area contributed by atoms with Crippen LogP contribution in [0.25, 0.3) is 0 Å². The minimum Gasteiger partial charge on any atom is -0.507 e. The summed E-state index contributed by atoms with van der Waals surface area (Å²) in [6, 6.07) is 2.68. The molecule has 2 amide bonds. The molecule has 0 bridgehead atoms. The fourth-order valence-electron chi connectivity index (χ4n) is 1.19. The topological polar surface area (TPSA) is 87.7 Å². The molecule has 0 aliphatic carbocycles. The molecule has 0 fully saturated rings. The fraction of sp³-hybridized carbons (Fsp3) is 0.200. The summed E-state index contributed by atoms with van der Waals surface area (Å²) in [6.45, 7) is 1.76. The minimum absolute atomic E-state index is 0.103. The molecule has 0 unspecified atom stereocenters. The van der Waals surface area contributed by atoms with Gasteiger partial charge in [-0.05, 0) is 24.6 Å². The lowest BCUT2D eigenvalue weighted by Crippen LogP contribution is -2.26. The zero-order valence-corrected chi connectivity index (χ0v) is 8.70. The van der Waals surface area contributed by atoms with Crippen molar-refractivity contribution in [1.29, 1.82) is 0 Å². The van der Waals surface area contributed by atoms with Crippen molar-refractivity contribution in [3.8, 4) is 5.75 Å². The van der Waals surface area contributed by atoms with Crippen LogP contribution in [0.4, 0.5) is 9.18 Å². The van der Waals surface area contributed by atoms with Crippen LogP contribution in [0.15, 0.2) is 23.3 Å². The molecule has 0 radical (unpaired) electrons. The van der Waals surface area contributed by atoms with Gasteiger partial charge in [0.25, 0.3) is 0 Å². The van der Waals surface area contributed by atoms with Crippen LogP contribution in [-0.2, 0) is 0 Å². The first-order valence-corrected chi connectivity index (χ1v) is 4.65. The summed E-state index contributed by atoms with van der Waals surface area (Å²) in [7, 11) is 0. The van der Waals surface area contributed by atoms with E-state index in [-0.39, 0.29) is 11.3 Å². The Labute approximate surface area is 91.8 Å². The molecule has 0 saturated heterocycles. The highest BCUT2D eigenvalue weighted by Crippen LogP contribution is 2.19. The normalized spacial score (nSPS) is 11.2. The number of aromatic hydroxyl groups is 1. The smallest absolute Gasteiger partial charge is 0.332 e. The van der Waals surface area contributed by atoms with Gasteiger partial charge in [0.2, 0.25) is 0 Å². The number of hydrogen-bond donors (Lipinski definition) is 3. The Kier molecular flexibility index (Phi) is 3.82. The van der Waals surface area contributed by atoms with E-state index in [1.807, 2.05) is 5.43 Å². The summed E-state index contributed by atoms with van der Waals surface area (Å²) < 4.78 is 13.0. The van der Waals surface area contributed by atoms with E-state index >= 15 is 0 Å². The first kappa shape index (κ1) is 12.0. The second kappa shape index (κ2) is 5.11. The van der Waals surface area contributed by atoms with Crippen molar-refractivity contribution in [2.75, 3.05) is 0 Å². The van der Waals surface area contributed by atoms with E-state index in [2.05, 4.69) is 5.10 Å². The van der Waals surface area contributed by atoms with Gasteiger partial charge in [0.1, 0.15) is 11.6 Å². The molecule has 0 aliphatic heterocycles. The summed E-state index contributed by atoms with van der Waals surface area (Å²) in [5.74, 6) is -0.596. The molecule has 0 atom stereocenters. The number of hydrazone groups is 1. The minimum atomic E-state index is -0.818. The van der Waals surface area contributed by atoms with Gasteiger partial charge < -0.3 is 10.8 Å². The number of halogens is 1. The summed E-state index contributed by atoms with van der Waals surface area (Å²) in [6.07, 6.45) is 0.414. The Bertz CT molecular complexity index is 432. The van der Waals surface area contributed by atoms with Crippen molar-refractivity contribution >= 4 is 11.7 Å². The molecule has 0 aromatic heterocycles. The molecule has 1 rings (SSSR count). The maximum atomic E-state index is 13.0. The lowest BCUT2D eigenvalue weighted by atomic mass is 10.1. The van der Waals surface area contributed by atoms with E-state index in [4.69, 9.17) is 5.73 Å². The van der Waals surface area contributed by atoms with E-state index in [0.29, 0.717) is 12.1 Å². The van der Waals surface area contributed by atoms with Gasteiger partial charge in [0, 0.05) is 5.56 Å². The van der Waals surface area contributed by atoms with Crippen molar-refractivity contribution in [2.24, 2.45) is 10.8 Å². The monoisotopic (exact) mass is 225 g/mol. The molecule has 86 valence electrons. The molecule has 4 N–H and O–H groups in total. The Morgan fingerprint density at radius 3 is 2.88 bits per heavy atom. The van der Waals surface area contributed by atoms with E-state index in [0.717, 1.165) is 12.1 Å². The van der Waals surface area contributed by atoms with Gasteiger partial charge in [-0.25, -0.2) is 14.6 Å². The van der Waals surface area contributed by atoms with Gasteiger partial charge in [-0.1, -0.05) is 6.92 Å². The molecule has 0 saturated carbocycles. The summed E-state index contributed by atoms with van der Waals surface area (Å²) >= 11 is 0. The molecular weight excluding hydrogens is 213 g/mol. The molecule has 1 aromatic rings. The molecule has 0 spiro atoms. The Balaban J connectivity index is 3.07. The Morgan fingerprint density at radius 2 is 2.31 bits per heavy atom. The second-order valence-electron chi connectivity index (χ2n) is 3.05. The largest absolute Gasteiger partial charge is 0.507 e. The van der Waals surface area contributed by atoms with Gasteiger partial charge in [-0.15, -0.1) is 0 Å². The third kappa shape index (κ3) is 2.94. The Morgan fingerprint density at radius 1 is 1.62 bits per heavy atom. The van der Waals surface area contributed by atoms with Gasteiger partial charge in [0.15, 0.2) is 0 Å². The second-order valence-corrected chi connectivity index (χ2v) is 3.05. The maximum absolute atomic E-state index is 13.0. The highest BCUT2D eigenvalue weighted by atomic mass is 19.1. The van der Waals surface area contributed by atoms with E-state index < -0.39 is 11.8 Å². The van der Waals surface area contributed by atoms with Gasteiger partial charge in [0.05, 0.1) is 5.71 Å².